The summed E-state index contributed by atoms with van der Waals surface area (Å²) in [4.78, 5) is 8.71. The monoisotopic (exact) mass is 282 g/mol. The molecule has 0 aliphatic carbocycles. The number of benzene rings is 2. The number of hydrogen-bond acceptors (Lipinski definition) is 3. The largest absolute Gasteiger partial charge is 0.506 e. The number of hydrogen-bond donors (Lipinski definition) is 1. The van der Waals surface area contributed by atoms with Crippen molar-refractivity contribution in [2.24, 2.45) is 4.99 Å². The Labute approximate surface area is 121 Å². The molecule has 0 amide bonds. The van der Waals surface area contributed by atoms with Gasteiger partial charge in [0.05, 0.1) is 17.6 Å². The van der Waals surface area contributed by atoms with Crippen LogP contribution in [0, 0.1) is 0 Å². The fourth-order valence-electron chi connectivity index (χ4n) is 1.89. The first-order valence-electron chi connectivity index (χ1n) is 6.11. The maximum absolute atomic E-state index is 9.79. The average Bonchev–Trinajstić information content (AvgIpc) is 2.47. The van der Waals surface area contributed by atoms with Crippen LogP contribution in [-0.2, 0) is 0 Å². The predicted molar refractivity (Wildman–Crippen MR) is 82.1 cm³/mol. The van der Waals surface area contributed by atoms with Gasteiger partial charge in [0.25, 0.3) is 0 Å². The first kappa shape index (κ1) is 12.6. The molecule has 2 aromatic carbocycles. The quantitative estimate of drug-likeness (QED) is 0.711. The highest BCUT2D eigenvalue weighted by atomic mass is 35.5. The molecule has 0 atom stereocenters. The minimum atomic E-state index is 0.171. The summed E-state index contributed by atoms with van der Waals surface area (Å²) in [5.41, 5.74) is 2.06. The SMILES string of the molecule is Oc1cccc2ccc(/C=N/c3ccc(Cl)cc3)nc12. The number of aromatic nitrogens is 1. The van der Waals surface area contributed by atoms with Crippen LogP contribution >= 0.6 is 11.6 Å². The summed E-state index contributed by atoms with van der Waals surface area (Å²) < 4.78 is 0. The molecule has 4 heteroatoms. The fourth-order valence-corrected chi connectivity index (χ4v) is 2.01. The molecule has 1 aromatic heterocycles. The lowest BCUT2D eigenvalue weighted by molar-refractivity contribution is 0.480. The van der Waals surface area contributed by atoms with Gasteiger partial charge in [-0.25, -0.2) is 4.98 Å². The molecule has 0 bridgehead atoms. The van der Waals surface area contributed by atoms with Crippen molar-refractivity contribution < 1.29 is 5.11 Å². The molecule has 98 valence electrons. The van der Waals surface area contributed by atoms with E-state index in [1.54, 1.807) is 30.5 Å². The van der Waals surface area contributed by atoms with Crippen molar-refractivity contribution in [2.75, 3.05) is 0 Å². The number of aromatic hydroxyl groups is 1. The van der Waals surface area contributed by atoms with E-state index < -0.39 is 0 Å². The normalized spacial score (nSPS) is 11.2. The topological polar surface area (TPSA) is 45.5 Å². The first-order chi connectivity index (χ1) is 9.72. The number of pyridine rings is 1. The van der Waals surface area contributed by atoms with Gasteiger partial charge < -0.3 is 5.11 Å². The van der Waals surface area contributed by atoms with Gasteiger partial charge in [0, 0.05) is 10.4 Å². The van der Waals surface area contributed by atoms with Crippen molar-refractivity contribution in [1.82, 2.24) is 4.98 Å². The highest BCUT2D eigenvalue weighted by Crippen LogP contribution is 2.22. The average molecular weight is 283 g/mol. The van der Waals surface area contributed by atoms with Gasteiger partial charge in [0.1, 0.15) is 11.3 Å². The van der Waals surface area contributed by atoms with Crippen molar-refractivity contribution in [1.29, 1.82) is 0 Å². The molecule has 0 unspecified atom stereocenters. The van der Waals surface area contributed by atoms with Crippen LogP contribution in [0.1, 0.15) is 5.69 Å². The van der Waals surface area contributed by atoms with Gasteiger partial charge in [-0.05, 0) is 36.4 Å². The van der Waals surface area contributed by atoms with Gasteiger partial charge in [0.15, 0.2) is 0 Å². The molecular formula is C16H11ClN2O. The molecule has 0 spiro atoms. The highest BCUT2D eigenvalue weighted by molar-refractivity contribution is 6.30. The van der Waals surface area contributed by atoms with Gasteiger partial charge in [0.2, 0.25) is 0 Å². The van der Waals surface area contributed by atoms with E-state index in [2.05, 4.69) is 9.98 Å². The second kappa shape index (κ2) is 5.31. The molecule has 3 rings (SSSR count). The molecule has 1 N–H and O–H groups in total. The number of halogens is 1. The summed E-state index contributed by atoms with van der Waals surface area (Å²) in [5.74, 6) is 0.171. The lowest BCUT2D eigenvalue weighted by atomic mass is 10.2. The number of nitrogens with zero attached hydrogens (tertiary/aromatic N) is 2. The molecule has 0 fully saturated rings. The maximum atomic E-state index is 9.79. The minimum absolute atomic E-state index is 0.171. The number of fused-ring (bicyclic) bond motifs is 1. The van der Waals surface area contributed by atoms with Crippen LogP contribution in [0.25, 0.3) is 10.9 Å². The van der Waals surface area contributed by atoms with E-state index in [0.717, 1.165) is 11.1 Å². The standard InChI is InChI=1S/C16H11ClN2O/c17-12-5-8-13(9-6-12)18-10-14-7-4-11-2-1-3-15(20)16(11)19-14/h1-10,20H/b18-10+. The van der Waals surface area contributed by atoms with Crippen LogP contribution in [-0.4, -0.2) is 16.3 Å². The van der Waals surface area contributed by atoms with Crippen LogP contribution in [0.3, 0.4) is 0 Å². The van der Waals surface area contributed by atoms with Crippen molar-refractivity contribution in [3.63, 3.8) is 0 Å². The van der Waals surface area contributed by atoms with Crippen LogP contribution in [0.5, 0.6) is 5.75 Å². The van der Waals surface area contributed by atoms with E-state index in [4.69, 9.17) is 11.6 Å². The third-order valence-electron chi connectivity index (χ3n) is 2.89. The highest BCUT2D eigenvalue weighted by Gasteiger charge is 2.01. The van der Waals surface area contributed by atoms with Gasteiger partial charge >= 0.3 is 0 Å². The Morgan fingerprint density at radius 3 is 2.60 bits per heavy atom. The molecule has 1 heterocycles. The van der Waals surface area contributed by atoms with E-state index in [0.29, 0.717) is 16.2 Å². The molecule has 3 nitrogen and oxygen atoms in total. The zero-order valence-electron chi connectivity index (χ0n) is 10.5. The zero-order valence-corrected chi connectivity index (χ0v) is 11.2. The summed E-state index contributed by atoms with van der Waals surface area (Å²) in [5, 5.41) is 11.4. The van der Waals surface area contributed by atoms with Crippen molar-refractivity contribution in [3.05, 3.63) is 65.3 Å². The predicted octanol–water partition coefficient (Wildman–Crippen LogP) is 4.34. The second-order valence-corrected chi connectivity index (χ2v) is 4.76. The Balaban J connectivity index is 1.94. The summed E-state index contributed by atoms with van der Waals surface area (Å²) in [6.45, 7) is 0. The van der Waals surface area contributed by atoms with E-state index in [9.17, 15) is 5.11 Å². The van der Waals surface area contributed by atoms with Gasteiger partial charge in [-0.15, -0.1) is 0 Å². The fraction of sp³-hybridized carbons (Fsp3) is 0. The van der Waals surface area contributed by atoms with Crippen molar-refractivity contribution in [3.8, 4) is 5.75 Å². The van der Waals surface area contributed by atoms with E-state index >= 15 is 0 Å². The zero-order chi connectivity index (χ0) is 13.9. The van der Waals surface area contributed by atoms with Crippen LogP contribution in [0.15, 0.2) is 59.6 Å². The van der Waals surface area contributed by atoms with Crippen molar-refractivity contribution in [2.45, 2.75) is 0 Å². The number of para-hydroxylation sites is 1. The number of phenolic OH excluding ortho intramolecular Hbond substituents is 1. The third kappa shape index (κ3) is 2.63. The number of phenols is 1. The molecule has 0 saturated heterocycles. The summed E-state index contributed by atoms with van der Waals surface area (Å²) in [7, 11) is 0. The lowest BCUT2D eigenvalue weighted by Crippen LogP contribution is -1.88. The minimum Gasteiger partial charge on any atom is -0.506 e. The number of aliphatic imine (C=N–C) groups is 1. The molecule has 0 aliphatic heterocycles. The van der Waals surface area contributed by atoms with Crippen LogP contribution < -0.4 is 0 Å². The second-order valence-electron chi connectivity index (χ2n) is 4.32. The van der Waals surface area contributed by atoms with Crippen molar-refractivity contribution >= 4 is 34.4 Å². The summed E-state index contributed by atoms with van der Waals surface area (Å²) in [6.07, 6.45) is 1.66. The van der Waals surface area contributed by atoms with E-state index in [1.807, 2.05) is 30.3 Å². The van der Waals surface area contributed by atoms with Gasteiger partial charge in [-0.2, -0.15) is 0 Å². The maximum Gasteiger partial charge on any atom is 0.141 e. The first-order valence-corrected chi connectivity index (χ1v) is 6.48. The molecular weight excluding hydrogens is 272 g/mol. The number of rotatable bonds is 2. The smallest absolute Gasteiger partial charge is 0.141 e. The molecule has 3 aromatic rings. The van der Waals surface area contributed by atoms with Crippen LogP contribution in [0.4, 0.5) is 5.69 Å². The molecule has 0 aliphatic rings. The summed E-state index contributed by atoms with van der Waals surface area (Å²) >= 11 is 5.82. The Bertz CT molecular complexity index is 782. The van der Waals surface area contributed by atoms with Crippen LogP contribution in [0.2, 0.25) is 5.02 Å². The van der Waals surface area contributed by atoms with E-state index in [-0.39, 0.29) is 5.75 Å². The Hall–Kier alpha value is -2.39. The Kier molecular flexibility index (Phi) is 3.35. The van der Waals surface area contributed by atoms with Gasteiger partial charge in [-0.3, -0.25) is 4.99 Å². The third-order valence-corrected chi connectivity index (χ3v) is 3.14. The molecule has 0 saturated carbocycles. The Morgan fingerprint density at radius 1 is 1.00 bits per heavy atom. The molecule has 0 radical (unpaired) electrons. The summed E-state index contributed by atoms with van der Waals surface area (Å²) in [6, 6.07) is 16.3. The lowest BCUT2D eigenvalue weighted by Gasteiger charge is -2.01. The van der Waals surface area contributed by atoms with E-state index in [1.165, 1.54) is 0 Å². The Morgan fingerprint density at radius 2 is 1.80 bits per heavy atom. The van der Waals surface area contributed by atoms with Gasteiger partial charge in [-0.1, -0.05) is 29.8 Å². The molecule has 20 heavy (non-hydrogen) atoms.